The van der Waals surface area contributed by atoms with Gasteiger partial charge in [-0.25, -0.2) is 0 Å². The van der Waals surface area contributed by atoms with Gasteiger partial charge in [-0.05, 0) is 38.0 Å². The van der Waals surface area contributed by atoms with Crippen LogP contribution in [0.3, 0.4) is 0 Å². The van der Waals surface area contributed by atoms with Crippen LogP contribution in [0.25, 0.3) is 0 Å². The maximum atomic E-state index is 12.2. The first kappa shape index (κ1) is 13.4. The maximum absolute atomic E-state index is 12.2. The Labute approximate surface area is 115 Å². The lowest BCUT2D eigenvalue weighted by Gasteiger charge is -2.33. The summed E-state index contributed by atoms with van der Waals surface area (Å²) in [6.07, 6.45) is 9.83. The average molecular weight is 266 g/mol. The summed E-state index contributed by atoms with van der Waals surface area (Å²) in [5.74, 6) is 0.819. The van der Waals surface area contributed by atoms with Crippen LogP contribution in [0.5, 0.6) is 0 Å². The van der Waals surface area contributed by atoms with E-state index in [1.807, 2.05) is 0 Å². The number of rotatable bonds is 4. The molecule has 1 amide bonds. The lowest BCUT2D eigenvalue weighted by molar-refractivity contribution is -0.123. The largest absolute Gasteiger partial charge is 0.376 e. The van der Waals surface area contributed by atoms with Gasteiger partial charge in [0.05, 0.1) is 12.1 Å². The van der Waals surface area contributed by atoms with Crippen LogP contribution in [0, 0.1) is 5.92 Å². The lowest BCUT2D eigenvalue weighted by atomic mass is 9.80. The Morgan fingerprint density at radius 3 is 2.63 bits per heavy atom. The summed E-state index contributed by atoms with van der Waals surface area (Å²) in [5.41, 5.74) is 6.10. The summed E-state index contributed by atoms with van der Waals surface area (Å²) < 4.78 is 5.76. The quantitative estimate of drug-likeness (QED) is 0.814. The van der Waals surface area contributed by atoms with Crippen LogP contribution in [0.4, 0.5) is 0 Å². The summed E-state index contributed by atoms with van der Waals surface area (Å²) in [6.45, 7) is 0.792. The van der Waals surface area contributed by atoms with E-state index in [0.717, 1.165) is 25.9 Å². The number of amides is 1. The second-order valence-electron chi connectivity index (χ2n) is 6.74. The summed E-state index contributed by atoms with van der Waals surface area (Å²) in [6, 6.07) is 0.229. The zero-order valence-electron chi connectivity index (χ0n) is 11.7. The van der Waals surface area contributed by atoms with Gasteiger partial charge in [0.1, 0.15) is 0 Å². The van der Waals surface area contributed by atoms with Gasteiger partial charge in [0.25, 0.3) is 0 Å². The van der Waals surface area contributed by atoms with Gasteiger partial charge in [0.2, 0.25) is 5.91 Å². The molecule has 3 rings (SSSR count). The Morgan fingerprint density at radius 2 is 1.95 bits per heavy atom. The predicted molar refractivity (Wildman–Crippen MR) is 73.6 cm³/mol. The van der Waals surface area contributed by atoms with E-state index in [-0.39, 0.29) is 23.6 Å². The standard InChI is InChI=1S/C15H26N2O2/c16-15(7-2-1-3-8-15)10-13(18)17-12-6-9-19-14(12)11-4-5-11/h11-12,14H,1-10,16H2,(H,17,18). The van der Waals surface area contributed by atoms with E-state index in [2.05, 4.69) is 5.32 Å². The second kappa shape index (κ2) is 5.41. The molecule has 4 heteroatoms. The first-order valence-electron chi connectivity index (χ1n) is 7.86. The van der Waals surface area contributed by atoms with E-state index >= 15 is 0 Å². The molecule has 0 aromatic carbocycles. The first-order chi connectivity index (χ1) is 9.16. The van der Waals surface area contributed by atoms with Crippen molar-refractivity contribution in [3.05, 3.63) is 0 Å². The molecule has 2 saturated carbocycles. The first-order valence-corrected chi connectivity index (χ1v) is 7.86. The molecule has 2 unspecified atom stereocenters. The van der Waals surface area contributed by atoms with Crippen LogP contribution in [-0.2, 0) is 9.53 Å². The van der Waals surface area contributed by atoms with Crippen molar-refractivity contribution >= 4 is 5.91 Å². The van der Waals surface area contributed by atoms with Crippen molar-refractivity contribution < 1.29 is 9.53 Å². The average Bonchev–Trinajstić information content (AvgIpc) is 3.11. The highest BCUT2D eigenvalue weighted by atomic mass is 16.5. The number of nitrogens with one attached hydrogen (secondary N) is 1. The van der Waals surface area contributed by atoms with E-state index in [1.165, 1.54) is 32.1 Å². The minimum atomic E-state index is -0.253. The monoisotopic (exact) mass is 266 g/mol. The highest BCUT2D eigenvalue weighted by molar-refractivity contribution is 5.77. The molecular weight excluding hydrogens is 240 g/mol. The Hall–Kier alpha value is -0.610. The number of carbonyl (C=O) groups excluding carboxylic acids is 1. The van der Waals surface area contributed by atoms with Crippen molar-refractivity contribution in [2.45, 2.75) is 75.5 Å². The zero-order chi connectivity index (χ0) is 13.3. The van der Waals surface area contributed by atoms with E-state index in [0.29, 0.717) is 12.3 Å². The fraction of sp³-hybridized carbons (Fsp3) is 0.933. The highest BCUT2D eigenvalue weighted by Crippen LogP contribution is 2.39. The Bertz CT molecular complexity index is 335. The van der Waals surface area contributed by atoms with Gasteiger partial charge in [0, 0.05) is 18.6 Å². The van der Waals surface area contributed by atoms with Crippen molar-refractivity contribution in [1.82, 2.24) is 5.32 Å². The number of carbonyl (C=O) groups is 1. The van der Waals surface area contributed by atoms with Gasteiger partial charge in [-0.15, -0.1) is 0 Å². The fourth-order valence-electron chi connectivity index (χ4n) is 3.67. The van der Waals surface area contributed by atoms with E-state index in [1.54, 1.807) is 0 Å². The smallest absolute Gasteiger partial charge is 0.222 e. The van der Waals surface area contributed by atoms with Gasteiger partial charge < -0.3 is 15.8 Å². The van der Waals surface area contributed by atoms with Crippen LogP contribution in [0.2, 0.25) is 0 Å². The molecule has 2 atom stereocenters. The molecule has 0 spiro atoms. The van der Waals surface area contributed by atoms with Crippen LogP contribution < -0.4 is 11.1 Å². The molecule has 2 aliphatic carbocycles. The Kier molecular flexibility index (Phi) is 3.81. The van der Waals surface area contributed by atoms with Gasteiger partial charge in [-0.1, -0.05) is 19.3 Å². The van der Waals surface area contributed by atoms with Crippen LogP contribution >= 0.6 is 0 Å². The fourth-order valence-corrected chi connectivity index (χ4v) is 3.67. The molecule has 1 aliphatic heterocycles. The van der Waals surface area contributed by atoms with E-state index in [9.17, 15) is 4.79 Å². The van der Waals surface area contributed by atoms with Crippen molar-refractivity contribution in [3.8, 4) is 0 Å². The van der Waals surface area contributed by atoms with E-state index in [4.69, 9.17) is 10.5 Å². The molecule has 1 saturated heterocycles. The van der Waals surface area contributed by atoms with Crippen molar-refractivity contribution in [1.29, 1.82) is 0 Å². The third-order valence-corrected chi connectivity index (χ3v) is 4.93. The van der Waals surface area contributed by atoms with Crippen LogP contribution in [-0.4, -0.2) is 30.2 Å². The second-order valence-corrected chi connectivity index (χ2v) is 6.74. The molecule has 108 valence electrons. The summed E-state index contributed by atoms with van der Waals surface area (Å²) in [4.78, 5) is 12.2. The third kappa shape index (κ3) is 3.29. The SMILES string of the molecule is NC1(CC(=O)NC2CCOC2C2CC2)CCCCC1. The van der Waals surface area contributed by atoms with Crippen molar-refractivity contribution in [2.75, 3.05) is 6.61 Å². The molecule has 19 heavy (non-hydrogen) atoms. The van der Waals surface area contributed by atoms with Gasteiger partial charge >= 0.3 is 0 Å². The number of hydrogen-bond donors (Lipinski definition) is 2. The van der Waals surface area contributed by atoms with Gasteiger partial charge in [0.15, 0.2) is 0 Å². The molecule has 0 aromatic heterocycles. The topological polar surface area (TPSA) is 64.4 Å². The summed E-state index contributed by atoms with van der Waals surface area (Å²) in [5, 5.41) is 3.18. The van der Waals surface area contributed by atoms with Gasteiger partial charge in [-0.2, -0.15) is 0 Å². The lowest BCUT2D eigenvalue weighted by Crippen LogP contribution is -2.49. The number of hydrogen-bond acceptors (Lipinski definition) is 3. The molecule has 3 fully saturated rings. The molecule has 0 aromatic rings. The zero-order valence-corrected chi connectivity index (χ0v) is 11.7. The minimum Gasteiger partial charge on any atom is -0.376 e. The van der Waals surface area contributed by atoms with Crippen molar-refractivity contribution in [3.63, 3.8) is 0 Å². The van der Waals surface area contributed by atoms with Crippen molar-refractivity contribution in [2.24, 2.45) is 11.7 Å². The molecule has 3 N–H and O–H groups in total. The van der Waals surface area contributed by atoms with E-state index < -0.39 is 0 Å². The van der Waals surface area contributed by atoms with Crippen LogP contribution in [0.15, 0.2) is 0 Å². The Balaban J connectivity index is 1.50. The third-order valence-electron chi connectivity index (χ3n) is 4.93. The predicted octanol–water partition coefficient (Wildman–Crippen LogP) is 1.72. The number of nitrogens with two attached hydrogens (primary N) is 1. The molecule has 0 radical (unpaired) electrons. The van der Waals surface area contributed by atoms with Crippen LogP contribution in [0.1, 0.15) is 57.8 Å². The summed E-state index contributed by atoms with van der Waals surface area (Å²) in [7, 11) is 0. The molecule has 0 bridgehead atoms. The minimum absolute atomic E-state index is 0.130. The number of ether oxygens (including phenoxy) is 1. The van der Waals surface area contributed by atoms with Gasteiger partial charge in [-0.3, -0.25) is 4.79 Å². The maximum Gasteiger partial charge on any atom is 0.222 e. The molecular formula is C15H26N2O2. The molecule has 1 heterocycles. The Morgan fingerprint density at radius 1 is 1.21 bits per heavy atom. The highest BCUT2D eigenvalue weighted by Gasteiger charge is 2.41. The molecule has 3 aliphatic rings. The summed E-state index contributed by atoms with van der Waals surface area (Å²) >= 11 is 0. The normalized spacial score (nSPS) is 34.2. The molecule has 4 nitrogen and oxygen atoms in total.